The Labute approximate surface area is 137 Å². The molecule has 1 aliphatic rings. The molecule has 1 rings (SSSR count). The van der Waals surface area contributed by atoms with Gasteiger partial charge in [0.15, 0.2) is 0 Å². The minimum absolute atomic E-state index is 0.0405. The number of cyclic esters (lactones) is 1. The molecular formula is C19H37NO2. The van der Waals surface area contributed by atoms with Crippen molar-refractivity contribution < 1.29 is 9.53 Å². The molecule has 1 aliphatic heterocycles. The zero-order chi connectivity index (χ0) is 16.9. The van der Waals surface area contributed by atoms with Crippen molar-refractivity contribution in [1.29, 1.82) is 0 Å². The van der Waals surface area contributed by atoms with Crippen LogP contribution >= 0.6 is 0 Å². The summed E-state index contributed by atoms with van der Waals surface area (Å²) in [5.74, 6) is -0.0405. The van der Waals surface area contributed by atoms with Gasteiger partial charge in [0, 0.05) is 0 Å². The second kappa shape index (κ2) is 7.81. The molecule has 22 heavy (non-hydrogen) atoms. The predicted molar refractivity (Wildman–Crippen MR) is 92.9 cm³/mol. The quantitative estimate of drug-likeness (QED) is 0.667. The van der Waals surface area contributed by atoms with Gasteiger partial charge >= 0.3 is 5.97 Å². The molecule has 0 aromatic carbocycles. The minimum atomic E-state index is -0.405. The summed E-state index contributed by atoms with van der Waals surface area (Å²) in [5.41, 5.74) is 0.0446. The number of rotatable bonds is 0. The first-order chi connectivity index (χ1) is 10.0. The molecule has 0 aromatic rings. The van der Waals surface area contributed by atoms with Gasteiger partial charge in [-0.15, -0.1) is 0 Å². The standard InChI is InChI=1S/C19H37NO2/c1-17(2)10-9-12-20-11-7-8-13-22-16(21)19(5,6)15-18(3,4)14-17/h20H,7-15H2,1-6H3. The minimum Gasteiger partial charge on any atom is -0.465 e. The Morgan fingerprint density at radius 3 is 2.18 bits per heavy atom. The molecule has 130 valence electrons. The van der Waals surface area contributed by atoms with E-state index < -0.39 is 5.41 Å². The van der Waals surface area contributed by atoms with Crippen molar-refractivity contribution in [3.63, 3.8) is 0 Å². The number of ether oxygens (including phenoxy) is 1. The van der Waals surface area contributed by atoms with Gasteiger partial charge in [-0.25, -0.2) is 0 Å². The molecule has 0 amide bonds. The molecule has 0 saturated carbocycles. The highest BCUT2D eigenvalue weighted by Crippen LogP contribution is 2.44. The maximum atomic E-state index is 12.4. The van der Waals surface area contributed by atoms with Crippen LogP contribution in [0.2, 0.25) is 0 Å². The van der Waals surface area contributed by atoms with E-state index in [2.05, 4.69) is 33.0 Å². The van der Waals surface area contributed by atoms with Crippen LogP contribution < -0.4 is 5.32 Å². The fourth-order valence-corrected chi connectivity index (χ4v) is 4.24. The third-order valence-corrected chi connectivity index (χ3v) is 4.62. The third kappa shape index (κ3) is 7.13. The molecule has 1 heterocycles. The maximum absolute atomic E-state index is 12.4. The molecule has 0 bridgehead atoms. The highest BCUT2D eigenvalue weighted by molar-refractivity contribution is 5.75. The van der Waals surface area contributed by atoms with Crippen LogP contribution in [0.4, 0.5) is 0 Å². The van der Waals surface area contributed by atoms with E-state index in [1.165, 1.54) is 12.8 Å². The van der Waals surface area contributed by atoms with E-state index in [0.717, 1.165) is 38.8 Å². The van der Waals surface area contributed by atoms with E-state index in [4.69, 9.17) is 4.74 Å². The van der Waals surface area contributed by atoms with E-state index in [1.54, 1.807) is 0 Å². The van der Waals surface area contributed by atoms with Crippen molar-refractivity contribution in [2.24, 2.45) is 16.2 Å². The molecule has 3 nitrogen and oxygen atoms in total. The number of hydrogen-bond donors (Lipinski definition) is 1. The van der Waals surface area contributed by atoms with E-state index in [9.17, 15) is 4.79 Å². The molecular weight excluding hydrogens is 274 g/mol. The molecule has 1 N–H and O–H groups in total. The Morgan fingerprint density at radius 1 is 0.864 bits per heavy atom. The van der Waals surface area contributed by atoms with E-state index in [-0.39, 0.29) is 11.4 Å². The molecule has 1 fully saturated rings. The van der Waals surface area contributed by atoms with Crippen molar-refractivity contribution in [1.82, 2.24) is 5.32 Å². The predicted octanol–water partition coefficient (Wildman–Crippen LogP) is 4.55. The van der Waals surface area contributed by atoms with E-state index >= 15 is 0 Å². The Balaban J connectivity index is 2.79. The zero-order valence-corrected chi connectivity index (χ0v) is 15.7. The average Bonchev–Trinajstić information content (AvgIpc) is 2.32. The molecule has 0 atom stereocenters. The highest BCUT2D eigenvalue weighted by Gasteiger charge is 2.38. The van der Waals surface area contributed by atoms with Crippen LogP contribution in [0, 0.1) is 16.2 Å². The van der Waals surface area contributed by atoms with Gasteiger partial charge in [0.2, 0.25) is 0 Å². The lowest BCUT2D eigenvalue weighted by Crippen LogP contribution is -2.34. The van der Waals surface area contributed by atoms with Gasteiger partial charge in [-0.05, 0) is 76.3 Å². The van der Waals surface area contributed by atoms with Gasteiger partial charge in [0.05, 0.1) is 12.0 Å². The Bertz CT molecular complexity index is 358. The van der Waals surface area contributed by atoms with Crippen LogP contribution in [0.25, 0.3) is 0 Å². The molecule has 1 saturated heterocycles. The van der Waals surface area contributed by atoms with Gasteiger partial charge in [-0.1, -0.05) is 27.7 Å². The van der Waals surface area contributed by atoms with Gasteiger partial charge in [-0.3, -0.25) is 4.79 Å². The molecule has 0 radical (unpaired) electrons. The summed E-state index contributed by atoms with van der Waals surface area (Å²) in [4.78, 5) is 12.4. The fraction of sp³-hybridized carbons (Fsp3) is 0.947. The lowest BCUT2D eigenvalue weighted by Gasteiger charge is -2.39. The zero-order valence-electron chi connectivity index (χ0n) is 15.7. The molecule has 0 aliphatic carbocycles. The SMILES string of the molecule is CC1(C)CCCNCCCCOC(=O)C(C)(C)CC(C)(C)C1. The summed E-state index contributed by atoms with van der Waals surface area (Å²) < 4.78 is 5.51. The molecule has 0 aromatic heterocycles. The van der Waals surface area contributed by atoms with Crippen molar-refractivity contribution >= 4 is 5.97 Å². The molecule has 0 spiro atoms. The summed E-state index contributed by atoms with van der Waals surface area (Å²) in [7, 11) is 0. The van der Waals surface area contributed by atoms with Crippen LogP contribution in [-0.2, 0) is 9.53 Å². The first kappa shape index (κ1) is 19.5. The lowest BCUT2D eigenvalue weighted by molar-refractivity contribution is -0.156. The van der Waals surface area contributed by atoms with Crippen LogP contribution in [0.1, 0.15) is 80.1 Å². The van der Waals surface area contributed by atoms with E-state index in [1.807, 2.05) is 13.8 Å². The maximum Gasteiger partial charge on any atom is 0.311 e. The van der Waals surface area contributed by atoms with Gasteiger partial charge in [0.1, 0.15) is 0 Å². The topological polar surface area (TPSA) is 38.3 Å². The van der Waals surface area contributed by atoms with Crippen molar-refractivity contribution in [2.45, 2.75) is 80.1 Å². The van der Waals surface area contributed by atoms with Gasteiger partial charge in [0.25, 0.3) is 0 Å². The van der Waals surface area contributed by atoms with Crippen LogP contribution in [-0.4, -0.2) is 25.7 Å². The largest absolute Gasteiger partial charge is 0.465 e. The summed E-state index contributed by atoms with van der Waals surface area (Å²) in [6, 6.07) is 0. The fourth-order valence-electron chi connectivity index (χ4n) is 4.24. The van der Waals surface area contributed by atoms with Crippen LogP contribution in [0.3, 0.4) is 0 Å². The monoisotopic (exact) mass is 311 g/mol. The normalized spacial score (nSPS) is 27.3. The second-order valence-electron chi connectivity index (χ2n) is 9.26. The number of hydrogen-bond acceptors (Lipinski definition) is 3. The summed E-state index contributed by atoms with van der Waals surface area (Å²) in [6.07, 6.45) is 6.49. The number of nitrogens with one attached hydrogen (secondary N) is 1. The Morgan fingerprint density at radius 2 is 1.50 bits per heavy atom. The van der Waals surface area contributed by atoms with Crippen molar-refractivity contribution in [2.75, 3.05) is 19.7 Å². The van der Waals surface area contributed by atoms with Crippen molar-refractivity contribution in [3.8, 4) is 0 Å². The second-order valence-corrected chi connectivity index (χ2v) is 9.26. The van der Waals surface area contributed by atoms with Crippen molar-refractivity contribution in [3.05, 3.63) is 0 Å². The van der Waals surface area contributed by atoms with Crippen LogP contribution in [0.5, 0.6) is 0 Å². The lowest BCUT2D eigenvalue weighted by atomic mass is 9.66. The summed E-state index contributed by atoms with van der Waals surface area (Å²) in [5, 5.41) is 3.50. The number of esters is 1. The highest BCUT2D eigenvalue weighted by atomic mass is 16.5. The third-order valence-electron chi connectivity index (χ3n) is 4.62. The smallest absolute Gasteiger partial charge is 0.311 e. The molecule has 3 heteroatoms. The number of carbonyl (C=O) groups is 1. The summed E-state index contributed by atoms with van der Waals surface area (Å²) >= 11 is 0. The molecule has 0 unspecified atom stereocenters. The first-order valence-electron chi connectivity index (χ1n) is 8.92. The number of carbonyl (C=O) groups excluding carboxylic acids is 1. The Kier molecular flexibility index (Phi) is 6.91. The van der Waals surface area contributed by atoms with Gasteiger partial charge in [-0.2, -0.15) is 0 Å². The average molecular weight is 312 g/mol. The van der Waals surface area contributed by atoms with Crippen LogP contribution in [0.15, 0.2) is 0 Å². The summed E-state index contributed by atoms with van der Waals surface area (Å²) in [6.45, 7) is 16.0. The Hall–Kier alpha value is -0.570. The van der Waals surface area contributed by atoms with Gasteiger partial charge < -0.3 is 10.1 Å². The first-order valence-corrected chi connectivity index (χ1v) is 8.92. The van der Waals surface area contributed by atoms with E-state index in [0.29, 0.717) is 12.0 Å².